The summed E-state index contributed by atoms with van der Waals surface area (Å²) in [5, 5.41) is 2.43. The molecule has 0 aromatic carbocycles. The van der Waals surface area contributed by atoms with E-state index in [4.69, 9.17) is 5.73 Å². The molecule has 1 saturated heterocycles. The summed E-state index contributed by atoms with van der Waals surface area (Å²) in [5.74, 6) is 0.222. The highest BCUT2D eigenvalue weighted by molar-refractivity contribution is 7.92. The number of sulfone groups is 1. The van der Waals surface area contributed by atoms with Crippen LogP contribution in [-0.2, 0) is 14.6 Å². The average Bonchev–Trinajstić information content (AvgIpc) is 2.76. The van der Waals surface area contributed by atoms with E-state index in [2.05, 4.69) is 5.32 Å². The number of hydrogen-bond donors (Lipinski definition) is 2. The zero-order valence-electron chi connectivity index (χ0n) is 12.1. The number of nitrogens with one attached hydrogen (secondary N) is 1. The van der Waals surface area contributed by atoms with Crippen LogP contribution in [-0.4, -0.2) is 38.4 Å². The van der Waals surface area contributed by atoms with E-state index in [1.807, 2.05) is 0 Å². The highest BCUT2D eigenvalue weighted by atomic mass is 32.2. The first-order valence-corrected chi connectivity index (χ1v) is 9.37. The van der Waals surface area contributed by atoms with Crippen molar-refractivity contribution in [2.24, 2.45) is 11.1 Å². The molecule has 2 rings (SSSR count). The van der Waals surface area contributed by atoms with Crippen molar-refractivity contribution in [3.8, 4) is 0 Å². The standard InChI is InChI=1S/C14H26N2O3S/c15-11-14(6-2-1-3-7-14)9-13(17)16-10-12-5-4-8-20(12,18)19/h12H,1-11,15H2,(H,16,17). The fourth-order valence-electron chi connectivity index (χ4n) is 3.47. The van der Waals surface area contributed by atoms with E-state index in [1.165, 1.54) is 6.42 Å². The quantitative estimate of drug-likeness (QED) is 0.792. The molecule has 2 fully saturated rings. The molecule has 0 spiro atoms. The van der Waals surface area contributed by atoms with Crippen LogP contribution in [0.15, 0.2) is 0 Å². The molecule has 1 amide bonds. The van der Waals surface area contributed by atoms with Gasteiger partial charge in [0.1, 0.15) is 0 Å². The van der Waals surface area contributed by atoms with Gasteiger partial charge in [0, 0.05) is 13.0 Å². The maximum Gasteiger partial charge on any atom is 0.220 e. The molecule has 2 aliphatic rings. The molecule has 0 aromatic rings. The summed E-state index contributed by atoms with van der Waals surface area (Å²) >= 11 is 0. The second-order valence-corrected chi connectivity index (χ2v) is 8.78. The molecule has 20 heavy (non-hydrogen) atoms. The number of carbonyl (C=O) groups excluding carboxylic acids is 1. The molecule has 3 N–H and O–H groups in total. The molecule has 1 unspecified atom stereocenters. The summed E-state index contributed by atoms with van der Waals surface area (Å²) in [4.78, 5) is 12.1. The Labute approximate surface area is 121 Å². The van der Waals surface area contributed by atoms with Crippen molar-refractivity contribution in [3.05, 3.63) is 0 Å². The fourth-order valence-corrected chi connectivity index (χ4v) is 5.24. The first-order valence-electron chi connectivity index (χ1n) is 7.66. The van der Waals surface area contributed by atoms with Crippen LogP contribution < -0.4 is 11.1 Å². The predicted molar refractivity (Wildman–Crippen MR) is 79.0 cm³/mol. The molecule has 1 heterocycles. The molecule has 1 aliphatic carbocycles. The van der Waals surface area contributed by atoms with Gasteiger partial charge in [0.25, 0.3) is 0 Å². The number of carbonyl (C=O) groups is 1. The molecule has 116 valence electrons. The van der Waals surface area contributed by atoms with E-state index in [9.17, 15) is 13.2 Å². The van der Waals surface area contributed by atoms with Gasteiger partial charge < -0.3 is 11.1 Å². The summed E-state index contributed by atoms with van der Waals surface area (Å²) in [6.45, 7) is 0.809. The summed E-state index contributed by atoms with van der Waals surface area (Å²) in [6.07, 6.45) is 7.36. The Morgan fingerprint density at radius 1 is 1.20 bits per heavy atom. The van der Waals surface area contributed by atoms with E-state index in [-0.39, 0.29) is 28.9 Å². The van der Waals surface area contributed by atoms with Gasteiger partial charge in [-0.3, -0.25) is 4.79 Å². The van der Waals surface area contributed by atoms with Gasteiger partial charge in [-0.25, -0.2) is 8.42 Å². The number of hydrogen-bond acceptors (Lipinski definition) is 4. The molecule has 0 aromatic heterocycles. The predicted octanol–water partition coefficient (Wildman–Crippen LogP) is 0.979. The van der Waals surface area contributed by atoms with Crippen LogP contribution in [0, 0.1) is 5.41 Å². The Kier molecular flexibility index (Phi) is 5.07. The minimum absolute atomic E-state index is 0.0422. The molecular weight excluding hydrogens is 276 g/mol. The van der Waals surface area contributed by atoms with Gasteiger partial charge in [0.2, 0.25) is 5.91 Å². The third kappa shape index (κ3) is 3.73. The van der Waals surface area contributed by atoms with Crippen molar-refractivity contribution in [1.29, 1.82) is 0 Å². The SMILES string of the molecule is NCC1(CC(=O)NCC2CCCS2(=O)=O)CCCCC1. The number of amides is 1. The van der Waals surface area contributed by atoms with Crippen LogP contribution in [0.3, 0.4) is 0 Å². The molecule has 0 radical (unpaired) electrons. The first-order chi connectivity index (χ1) is 9.47. The Balaban J connectivity index is 1.83. The largest absolute Gasteiger partial charge is 0.355 e. The summed E-state index contributed by atoms with van der Waals surface area (Å²) < 4.78 is 23.4. The minimum atomic E-state index is -2.98. The first kappa shape index (κ1) is 15.8. The van der Waals surface area contributed by atoms with Crippen LogP contribution in [0.2, 0.25) is 0 Å². The second-order valence-electron chi connectivity index (χ2n) is 6.38. The van der Waals surface area contributed by atoms with Gasteiger partial charge in [-0.15, -0.1) is 0 Å². The average molecular weight is 302 g/mol. The molecule has 1 aliphatic heterocycles. The monoisotopic (exact) mass is 302 g/mol. The van der Waals surface area contributed by atoms with E-state index in [0.29, 0.717) is 19.4 Å². The maximum absolute atomic E-state index is 12.1. The van der Waals surface area contributed by atoms with Gasteiger partial charge >= 0.3 is 0 Å². The van der Waals surface area contributed by atoms with E-state index < -0.39 is 9.84 Å². The summed E-state index contributed by atoms with van der Waals surface area (Å²) in [6, 6.07) is 0. The molecule has 1 saturated carbocycles. The lowest BCUT2D eigenvalue weighted by atomic mass is 9.71. The van der Waals surface area contributed by atoms with Crippen LogP contribution >= 0.6 is 0 Å². The van der Waals surface area contributed by atoms with Gasteiger partial charge in [0.05, 0.1) is 11.0 Å². The van der Waals surface area contributed by atoms with Crippen LogP contribution in [0.5, 0.6) is 0 Å². The lowest BCUT2D eigenvalue weighted by molar-refractivity contribution is -0.123. The van der Waals surface area contributed by atoms with Crippen molar-refractivity contribution in [2.45, 2.75) is 56.6 Å². The summed E-state index contributed by atoms with van der Waals surface area (Å²) in [5.41, 5.74) is 5.81. The maximum atomic E-state index is 12.1. The summed E-state index contributed by atoms with van der Waals surface area (Å²) in [7, 11) is -2.98. The molecule has 5 nitrogen and oxygen atoms in total. The zero-order chi connectivity index (χ0) is 14.6. The second kappa shape index (κ2) is 6.43. The molecule has 6 heteroatoms. The third-order valence-electron chi connectivity index (χ3n) is 4.87. The molecule has 0 bridgehead atoms. The van der Waals surface area contributed by atoms with Gasteiger partial charge in [-0.2, -0.15) is 0 Å². The molecular formula is C14H26N2O3S. The zero-order valence-corrected chi connectivity index (χ0v) is 12.9. The number of rotatable bonds is 5. The van der Waals surface area contributed by atoms with Crippen molar-refractivity contribution in [1.82, 2.24) is 5.32 Å². The fraction of sp³-hybridized carbons (Fsp3) is 0.929. The Morgan fingerprint density at radius 2 is 1.90 bits per heavy atom. The van der Waals surface area contributed by atoms with Crippen LogP contribution in [0.1, 0.15) is 51.4 Å². The van der Waals surface area contributed by atoms with Crippen molar-refractivity contribution in [2.75, 3.05) is 18.8 Å². The Morgan fingerprint density at radius 3 is 2.45 bits per heavy atom. The Hall–Kier alpha value is -0.620. The van der Waals surface area contributed by atoms with Crippen molar-refractivity contribution >= 4 is 15.7 Å². The third-order valence-corrected chi connectivity index (χ3v) is 7.15. The van der Waals surface area contributed by atoms with Gasteiger partial charge in [0.15, 0.2) is 9.84 Å². The highest BCUT2D eigenvalue weighted by Gasteiger charge is 2.34. The smallest absolute Gasteiger partial charge is 0.220 e. The van der Waals surface area contributed by atoms with E-state index >= 15 is 0 Å². The topological polar surface area (TPSA) is 89.3 Å². The van der Waals surface area contributed by atoms with Crippen LogP contribution in [0.4, 0.5) is 0 Å². The lowest BCUT2D eigenvalue weighted by Gasteiger charge is -2.35. The minimum Gasteiger partial charge on any atom is -0.355 e. The number of nitrogens with two attached hydrogens (primary N) is 1. The Bertz CT molecular complexity index is 441. The van der Waals surface area contributed by atoms with E-state index in [1.54, 1.807) is 0 Å². The van der Waals surface area contributed by atoms with Crippen molar-refractivity contribution < 1.29 is 13.2 Å². The normalized spacial score (nSPS) is 28.1. The van der Waals surface area contributed by atoms with E-state index in [0.717, 1.165) is 32.1 Å². The lowest BCUT2D eigenvalue weighted by Crippen LogP contribution is -2.41. The van der Waals surface area contributed by atoms with Gasteiger partial charge in [-0.05, 0) is 37.6 Å². The van der Waals surface area contributed by atoms with Crippen LogP contribution in [0.25, 0.3) is 0 Å². The molecule has 1 atom stereocenters. The van der Waals surface area contributed by atoms with Crippen molar-refractivity contribution in [3.63, 3.8) is 0 Å². The highest BCUT2D eigenvalue weighted by Crippen LogP contribution is 2.38. The van der Waals surface area contributed by atoms with Gasteiger partial charge in [-0.1, -0.05) is 19.3 Å².